The zero-order valence-electron chi connectivity index (χ0n) is 16.4. The van der Waals surface area contributed by atoms with E-state index in [1.807, 2.05) is 36.5 Å². The van der Waals surface area contributed by atoms with E-state index in [1.54, 1.807) is 17.4 Å². The quantitative estimate of drug-likeness (QED) is 0.638. The van der Waals surface area contributed by atoms with Crippen molar-refractivity contribution in [3.05, 3.63) is 77.1 Å². The van der Waals surface area contributed by atoms with Crippen LogP contribution in [0.1, 0.15) is 16.9 Å². The van der Waals surface area contributed by atoms with E-state index < -0.39 is 0 Å². The molecule has 1 aromatic heterocycles. The second-order valence-corrected chi connectivity index (χ2v) is 8.58. The van der Waals surface area contributed by atoms with Crippen LogP contribution in [-0.4, -0.2) is 52.2 Å². The molecule has 29 heavy (non-hydrogen) atoms. The van der Waals surface area contributed by atoms with E-state index in [-0.39, 0.29) is 18.5 Å². The highest BCUT2D eigenvalue weighted by atomic mass is 32.1. The lowest BCUT2D eigenvalue weighted by Gasteiger charge is -2.41. The number of hydrogen-bond acceptors (Lipinski definition) is 5. The minimum atomic E-state index is -0.157. The molecule has 0 amide bonds. The lowest BCUT2D eigenvalue weighted by molar-refractivity contribution is 0.0497. The highest BCUT2D eigenvalue weighted by Gasteiger charge is 2.27. The fourth-order valence-electron chi connectivity index (χ4n) is 3.89. The predicted molar refractivity (Wildman–Crippen MR) is 115 cm³/mol. The van der Waals surface area contributed by atoms with Crippen LogP contribution >= 0.6 is 11.3 Å². The summed E-state index contributed by atoms with van der Waals surface area (Å²) in [7, 11) is 0. The molecule has 1 N–H and O–H groups in total. The summed E-state index contributed by atoms with van der Waals surface area (Å²) in [6.07, 6.45) is 2.67. The standard InChI is InChI=1S/C23H26FN3OS/c24-22-9-5-4-8-19(22)15-27-12-11-26(16-20(27)10-13-28)17-21-14-25-23(29-21)18-6-2-1-3-7-18/h1-9,14,20,28H,10-13,15-17H2/t20-/m0/s1. The highest BCUT2D eigenvalue weighted by Crippen LogP contribution is 2.27. The highest BCUT2D eigenvalue weighted by molar-refractivity contribution is 7.15. The van der Waals surface area contributed by atoms with E-state index in [9.17, 15) is 9.50 Å². The number of halogens is 1. The van der Waals surface area contributed by atoms with E-state index in [4.69, 9.17) is 0 Å². The first-order valence-electron chi connectivity index (χ1n) is 10.0. The number of aliphatic hydroxyl groups is 1. The lowest BCUT2D eigenvalue weighted by Crippen LogP contribution is -2.52. The fraction of sp³-hybridized carbons (Fsp3) is 0.348. The fourth-order valence-corrected chi connectivity index (χ4v) is 4.85. The number of piperazine rings is 1. The largest absolute Gasteiger partial charge is 0.396 e. The van der Waals surface area contributed by atoms with Gasteiger partial charge in [-0.1, -0.05) is 48.5 Å². The third-order valence-electron chi connectivity index (χ3n) is 5.44. The molecule has 0 saturated carbocycles. The van der Waals surface area contributed by atoms with Crippen molar-refractivity contribution >= 4 is 11.3 Å². The average molecular weight is 412 g/mol. The molecule has 0 aliphatic carbocycles. The van der Waals surface area contributed by atoms with E-state index in [2.05, 4.69) is 26.9 Å². The van der Waals surface area contributed by atoms with Gasteiger partial charge in [0, 0.05) is 67.6 Å². The Morgan fingerprint density at radius 3 is 2.62 bits per heavy atom. The minimum absolute atomic E-state index is 0.144. The van der Waals surface area contributed by atoms with Crippen LogP contribution in [0.15, 0.2) is 60.8 Å². The van der Waals surface area contributed by atoms with Gasteiger partial charge in [0.05, 0.1) is 0 Å². The number of rotatable bonds is 7. The van der Waals surface area contributed by atoms with Gasteiger partial charge in [0.15, 0.2) is 0 Å². The topological polar surface area (TPSA) is 39.6 Å². The number of nitrogens with zero attached hydrogens (tertiary/aromatic N) is 3. The molecular weight excluding hydrogens is 385 g/mol. The molecule has 0 radical (unpaired) electrons. The number of thiazole rings is 1. The molecular formula is C23H26FN3OS. The Kier molecular flexibility index (Phi) is 6.67. The van der Waals surface area contributed by atoms with Gasteiger partial charge in [0.1, 0.15) is 10.8 Å². The van der Waals surface area contributed by atoms with Crippen LogP contribution in [0.25, 0.3) is 10.6 Å². The predicted octanol–water partition coefficient (Wildman–Crippen LogP) is 4.02. The SMILES string of the molecule is OCC[C@H]1CN(Cc2cnc(-c3ccccc3)s2)CCN1Cc1ccccc1F. The molecule has 1 saturated heterocycles. The van der Waals surface area contributed by atoms with Gasteiger partial charge in [-0.05, 0) is 12.5 Å². The van der Waals surface area contributed by atoms with Crippen molar-refractivity contribution < 1.29 is 9.50 Å². The number of aliphatic hydroxyl groups excluding tert-OH is 1. The van der Waals surface area contributed by atoms with Gasteiger partial charge in [-0.25, -0.2) is 9.37 Å². The van der Waals surface area contributed by atoms with Crippen LogP contribution in [0.3, 0.4) is 0 Å². The Labute approximate surface area is 175 Å². The maximum absolute atomic E-state index is 14.1. The summed E-state index contributed by atoms with van der Waals surface area (Å²) < 4.78 is 14.1. The first kappa shape index (κ1) is 20.2. The van der Waals surface area contributed by atoms with Crippen LogP contribution in [0.2, 0.25) is 0 Å². The maximum Gasteiger partial charge on any atom is 0.127 e. The lowest BCUT2D eigenvalue weighted by atomic mass is 10.1. The molecule has 2 heterocycles. The van der Waals surface area contributed by atoms with Crippen molar-refractivity contribution in [1.29, 1.82) is 0 Å². The normalized spacial score (nSPS) is 18.2. The number of benzene rings is 2. The monoisotopic (exact) mass is 411 g/mol. The van der Waals surface area contributed by atoms with Crippen molar-refractivity contribution in [2.24, 2.45) is 0 Å². The molecule has 0 bridgehead atoms. The van der Waals surface area contributed by atoms with Crippen LogP contribution in [0.4, 0.5) is 4.39 Å². The van der Waals surface area contributed by atoms with Gasteiger partial charge >= 0.3 is 0 Å². The molecule has 0 unspecified atom stereocenters. The second-order valence-electron chi connectivity index (χ2n) is 7.46. The summed E-state index contributed by atoms with van der Waals surface area (Å²) in [5.74, 6) is -0.157. The Morgan fingerprint density at radius 1 is 1.03 bits per heavy atom. The van der Waals surface area contributed by atoms with Crippen molar-refractivity contribution in [2.45, 2.75) is 25.6 Å². The van der Waals surface area contributed by atoms with E-state index >= 15 is 0 Å². The molecule has 1 fully saturated rings. The Balaban J connectivity index is 1.40. The molecule has 6 heteroatoms. The minimum Gasteiger partial charge on any atom is -0.396 e. The van der Waals surface area contributed by atoms with Crippen molar-refractivity contribution in [3.8, 4) is 10.6 Å². The zero-order valence-corrected chi connectivity index (χ0v) is 17.2. The van der Waals surface area contributed by atoms with Gasteiger partial charge in [-0.2, -0.15) is 0 Å². The molecule has 4 rings (SSSR count). The smallest absolute Gasteiger partial charge is 0.127 e. The first-order valence-corrected chi connectivity index (χ1v) is 10.9. The summed E-state index contributed by atoms with van der Waals surface area (Å²) in [6.45, 7) is 4.25. The molecule has 1 atom stereocenters. The van der Waals surface area contributed by atoms with Crippen LogP contribution in [0, 0.1) is 5.82 Å². The van der Waals surface area contributed by atoms with Crippen molar-refractivity contribution in [3.63, 3.8) is 0 Å². The van der Waals surface area contributed by atoms with Gasteiger partial charge in [-0.15, -0.1) is 11.3 Å². The van der Waals surface area contributed by atoms with E-state index in [0.717, 1.165) is 42.3 Å². The van der Waals surface area contributed by atoms with Crippen LogP contribution in [-0.2, 0) is 13.1 Å². The summed E-state index contributed by atoms with van der Waals surface area (Å²) in [4.78, 5) is 10.5. The van der Waals surface area contributed by atoms with Crippen LogP contribution in [0.5, 0.6) is 0 Å². The average Bonchev–Trinajstić information content (AvgIpc) is 3.21. The van der Waals surface area contributed by atoms with Crippen LogP contribution < -0.4 is 0 Å². The summed E-state index contributed by atoms with van der Waals surface area (Å²) in [5, 5.41) is 10.6. The zero-order chi connectivity index (χ0) is 20.1. The number of aromatic nitrogens is 1. The molecule has 1 aliphatic heterocycles. The second kappa shape index (κ2) is 9.59. The Morgan fingerprint density at radius 2 is 1.83 bits per heavy atom. The third-order valence-corrected chi connectivity index (χ3v) is 6.47. The van der Waals surface area contributed by atoms with Gasteiger partial charge in [0.2, 0.25) is 0 Å². The van der Waals surface area contributed by atoms with Gasteiger partial charge < -0.3 is 5.11 Å². The van der Waals surface area contributed by atoms with E-state index in [0.29, 0.717) is 13.0 Å². The summed E-state index contributed by atoms with van der Waals surface area (Å²) in [5.41, 5.74) is 1.87. The third kappa shape index (κ3) is 5.08. The van der Waals surface area contributed by atoms with Crippen molar-refractivity contribution in [2.75, 3.05) is 26.2 Å². The van der Waals surface area contributed by atoms with Gasteiger partial charge in [-0.3, -0.25) is 9.80 Å². The maximum atomic E-state index is 14.1. The Hall–Kier alpha value is -2.12. The molecule has 152 valence electrons. The molecule has 2 aromatic carbocycles. The molecule has 1 aliphatic rings. The summed E-state index contributed by atoms with van der Waals surface area (Å²) in [6, 6.07) is 17.4. The van der Waals surface area contributed by atoms with E-state index in [1.165, 1.54) is 10.9 Å². The van der Waals surface area contributed by atoms with Gasteiger partial charge in [0.25, 0.3) is 0 Å². The van der Waals surface area contributed by atoms with Crippen molar-refractivity contribution in [1.82, 2.24) is 14.8 Å². The molecule has 3 aromatic rings. The molecule has 4 nitrogen and oxygen atoms in total. The number of hydrogen-bond donors (Lipinski definition) is 1. The molecule has 0 spiro atoms. The first-order chi connectivity index (χ1) is 14.2. The Bertz CT molecular complexity index is 917. The summed E-state index contributed by atoms with van der Waals surface area (Å²) >= 11 is 1.73.